The first-order chi connectivity index (χ1) is 36.0. The van der Waals surface area contributed by atoms with Crippen LogP contribution in [0.25, 0.3) is 0 Å². The van der Waals surface area contributed by atoms with Gasteiger partial charge < -0.3 is 14.2 Å². The highest BCUT2D eigenvalue weighted by Crippen LogP contribution is 2.16. The molecule has 0 aliphatic heterocycles. The molecular formula is C67H116O6. The Morgan fingerprint density at radius 3 is 0.849 bits per heavy atom. The molecule has 0 aliphatic rings. The second-order valence-corrected chi connectivity index (χ2v) is 20.6. The maximum absolute atomic E-state index is 12.9. The molecular weight excluding hydrogens is 901 g/mol. The van der Waals surface area contributed by atoms with Crippen LogP contribution in [0.4, 0.5) is 0 Å². The second-order valence-electron chi connectivity index (χ2n) is 20.6. The van der Waals surface area contributed by atoms with E-state index in [-0.39, 0.29) is 31.1 Å². The van der Waals surface area contributed by atoms with Crippen LogP contribution in [-0.2, 0) is 28.6 Å². The molecule has 0 aromatic carbocycles. The smallest absolute Gasteiger partial charge is 0.306 e. The van der Waals surface area contributed by atoms with Crippen LogP contribution in [0.1, 0.15) is 303 Å². The van der Waals surface area contributed by atoms with E-state index in [4.69, 9.17) is 14.2 Å². The highest BCUT2D eigenvalue weighted by atomic mass is 16.6. The van der Waals surface area contributed by atoms with Gasteiger partial charge in [0.25, 0.3) is 0 Å². The van der Waals surface area contributed by atoms with Gasteiger partial charge in [0.15, 0.2) is 6.10 Å². The van der Waals surface area contributed by atoms with Crippen LogP contribution in [0.5, 0.6) is 0 Å². The Labute approximate surface area is 452 Å². The number of unbranched alkanes of at least 4 members (excludes halogenated alkanes) is 31. The van der Waals surface area contributed by atoms with E-state index in [1.165, 1.54) is 141 Å². The largest absolute Gasteiger partial charge is 0.462 e. The van der Waals surface area contributed by atoms with E-state index in [0.717, 1.165) is 122 Å². The molecule has 0 spiro atoms. The molecule has 6 nitrogen and oxygen atoms in total. The molecule has 6 heteroatoms. The van der Waals surface area contributed by atoms with Gasteiger partial charge in [-0.3, -0.25) is 14.4 Å². The van der Waals surface area contributed by atoms with Crippen LogP contribution >= 0.6 is 0 Å². The molecule has 0 saturated carbocycles. The minimum absolute atomic E-state index is 0.0837. The van der Waals surface area contributed by atoms with Crippen molar-refractivity contribution in [2.24, 2.45) is 0 Å². The number of allylic oxidation sites excluding steroid dienone is 14. The predicted octanol–water partition coefficient (Wildman–Crippen LogP) is 21.1. The fourth-order valence-electron chi connectivity index (χ4n) is 8.74. The molecule has 0 bridgehead atoms. The molecule has 73 heavy (non-hydrogen) atoms. The van der Waals surface area contributed by atoms with Crippen molar-refractivity contribution >= 4 is 17.9 Å². The van der Waals surface area contributed by atoms with Crippen molar-refractivity contribution in [3.63, 3.8) is 0 Å². The summed E-state index contributed by atoms with van der Waals surface area (Å²) >= 11 is 0. The van der Waals surface area contributed by atoms with Gasteiger partial charge in [-0.15, -0.1) is 0 Å². The summed E-state index contributed by atoms with van der Waals surface area (Å²) in [6.07, 6.45) is 80.0. The Morgan fingerprint density at radius 2 is 0.534 bits per heavy atom. The molecule has 0 N–H and O–H groups in total. The third kappa shape index (κ3) is 59.3. The molecule has 0 aliphatic carbocycles. The summed E-state index contributed by atoms with van der Waals surface area (Å²) in [7, 11) is 0. The van der Waals surface area contributed by atoms with Crippen LogP contribution in [0, 0.1) is 0 Å². The van der Waals surface area contributed by atoms with Gasteiger partial charge in [-0.25, -0.2) is 0 Å². The van der Waals surface area contributed by atoms with E-state index in [1.807, 2.05) is 0 Å². The highest BCUT2D eigenvalue weighted by Gasteiger charge is 2.19. The van der Waals surface area contributed by atoms with Crippen LogP contribution in [0.3, 0.4) is 0 Å². The van der Waals surface area contributed by atoms with Gasteiger partial charge in [0, 0.05) is 19.3 Å². The molecule has 0 heterocycles. The average Bonchev–Trinajstić information content (AvgIpc) is 3.39. The van der Waals surface area contributed by atoms with Crippen molar-refractivity contribution in [3.05, 3.63) is 85.1 Å². The van der Waals surface area contributed by atoms with Crippen molar-refractivity contribution < 1.29 is 28.6 Å². The number of carbonyl (C=O) groups is 3. The minimum atomic E-state index is -0.789. The van der Waals surface area contributed by atoms with E-state index in [0.29, 0.717) is 19.3 Å². The molecule has 0 rings (SSSR count). The first kappa shape index (κ1) is 69.6. The zero-order valence-electron chi connectivity index (χ0n) is 48.1. The monoisotopic (exact) mass is 1020 g/mol. The zero-order valence-corrected chi connectivity index (χ0v) is 48.1. The third-order valence-electron chi connectivity index (χ3n) is 13.4. The molecule has 0 fully saturated rings. The predicted molar refractivity (Wildman–Crippen MR) is 316 cm³/mol. The molecule has 0 saturated heterocycles. The Bertz CT molecular complexity index is 1400. The van der Waals surface area contributed by atoms with Gasteiger partial charge in [-0.2, -0.15) is 0 Å². The number of carbonyl (C=O) groups excluding carboxylic acids is 3. The molecule has 1 unspecified atom stereocenters. The Hall–Kier alpha value is -3.41. The maximum atomic E-state index is 12.9. The van der Waals surface area contributed by atoms with E-state index in [1.54, 1.807) is 0 Å². The number of hydrogen-bond donors (Lipinski definition) is 0. The summed E-state index contributed by atoms with van der Waals surface area (Å²) in [6, 6.07) is 0. The summed E-state index contributed by atoms with van der Waals surface area (Å²) < 4.78 is 16.9. The third-order valence-corrected chi connectivity index (χ3v) is 13.4. The quantitative estimate of drug-likeness (QED) is 0.0261. The van der Waals surface area contributed by atoms with Gasteiger partial charge in [-0.05, 0) is 96.3 Å². The molecule has 0 aromatic heterocycles. The number of esters is 3. The van der Waals surface area contributed by atoms with Crippen LogP contribution in [-0.4, -0.2) is 37.2 Å². The van der Waals surface area contributed by atoms with E-state index in [9.17, 15) is 14.4 Å². The zero-order chi connectivity index (χ0) is 52.9. The minimum Gasteiger partial charge on any atom is -0.462 e. The van der Waals surface area contributed by atoms with Gasteiger partial charge in [0.2, 0.25) is 0 Å². The highest BCUT2D eigenvalue weighted by molar-refractivity contribution is 5.71. The summed E-state index contributed by atoms with van der Waals surface area (Å²) in [5.41, 5.74) is 0. The molecule has 0 aromatic rings. The molecule has 0 radical (unpaired) electrons. The van der Waals surface area contributed by atoms with Crippen molar-refractivity contribution in [1.82, 2.24) is 0 Å². The van der Waals surface area contributed by atoms with Gasteiger partial charge in [0.1, 0.15) is 13.2 Å². The van der Waals surface area contributed by atoms with Gasteiger partial charge in [0.05, 0.1) is 0 Å². The van der Waals surface area contributed by atoms with Gasteiger partial charge >= 0.3 is 17.9 Å². The van der Waals surface area contributed by atoms with E-state index < -0.39 is 6.10 Å². The summed E-state index contributed by atoms with van der Waals surface area (Å²) in [5.74, 6) is -0.899. The maximum Gasteiger partial charge on any atom is 0.306 e. The Balaban J connectivity index is 4.42. The molecule has 0 amide bonds. The topological polar surface area (TPSA) is 78.9 Å². The van der Waals surface area contributed by atoms with Crippen LogP contribution in [0.2, 0.25) is 0 Å². The van der Waals surface area contributed by atoms with Crippen molar-refractivity contribution in [2.75, 3.05) is 13.2 Å². The van der Waals surface area contributed by atoms with Crippen LogP contribution in [0.15, 0.2) is 85.1 Å². The summed E-state index contributed by atoms with van der Waals surface area (Å²) in [4.78, 5) is 38.3. The lowest BCUT2D eigenvalue weighted by molar-refractivity contribution is -0.167. The molecule has 1 atom stereocenters. The lowest BCUT2D eigenvalue weighted by Crippen LogP contribution is -2.30. The molecule has 420 valence electrons. The van der Waals surface area contributed by atoms with Gasteiger partial charge in [-0.1, -0.05) is 273 Å². The number of hydrogen-bond acceptors (Lipinski definition) is 6. The summed E-state index contributed by atoms with van der Waals surface area (Å²) in [6.45, 7) is 6.52. The number of ether oxygens (including phenoxy) is 3. The fourth-order valence-corrected chi connectivity index (χ4v) is 8.74. The first-order valence-electron chi connectivity index (χ1n) is 31.1. The van der Waals surface area contributed by atoms with Crippen molar-refractivity contribution in [1.29, 1.82) is 0 Å². The second kappa shape index (κ2) is 61.1. The number of rotatable bonds is 56. The lowest BCUT2D eigenvalue weighted by Gasteiger charge is -2.18. The normalized spacial score (nSPS) is 12.6. The fraction of sp³-hybridized carbons (Fsp3) is 0.746. The Kier molecular flexibility index (Phi) is 58.3. The Morgan fingerprint density at radius 1 is 0.288 bits per heavy atom. The SMILES string of the molecule is CC/C=C\C/C=C\C/C=C\C/C=C\C/C=C\CCCCCCCC(=O)OCC(COC(=O)CCCCCCCCCCCCCCCCCC)OC(=O)CCCCCCCCC/C=C\C/C=C\CCCCCC. The van der Waals surface area contributed by atoms with Crippen molar-refractivity contribution in [3.8, 4) is 0 Å². The van der Waals surface area contributed by atoms with Crippen molar-refractivity contribution in [2.45, 2.75) is 309 Å². The van der Waals surface area contributed by atoms with E-state index in [2.05, 4.69) is 106 Å². The summed E-state index contributed by atoms with van der Waals surface area (Å²) in [5, 5.41) is 0. The van der Waals surface area contributed by atoms with Crippen LogP contribution < -0.4 is 0 Å². The lowest BCUT2D eigenvalue weighted by atomic mass is 10.0. The standard InChI is InChI=1S/C67H116O6/c1-4-7-10-13-16-19-22-25-28-31-33-34-35-37-39-42-45-48-51-54-57-60-66(69)72-63-64(62-71-65(68)59-56-53-50-47-44-41-38-30-27-24-21-18-15-12-9-6-3)73-67(70)61-58-55-52-49-46-43-40-36-32-29-26-23-20-17-14-11-8-5-2/h7,10,16,19-20,23,25,28-29,32-34,37,39,64H,4-6,8-9,11-15,17-18,21-22,24,26-27,30-31,35-36,38,40-63H2,1-3H3/b10-7-,19-16-,23-20-,28-25-,32-29-,34-33-,39-37-. The first-order valence-corrected chi connectivity index (χ1v) is 31.1. The van der Waals surface area contributed by atoms with E-state index >= 15 is 0 Å². The average molecular weight is 1020 g/mol.